The van der Waals surface area contributed by atoms with Gasteiger partial charge in [0.05, 0.1) is 4.90 Å². The van der Waals surface area contributed by atoms with Gasteiger partial charge in [0.1, 0.15) is 19.3 Å². The van der Waals surface area contributed by atoms with E-state index in [2.05, 4.69) is 46.5 Å². The fraction of sp³-hybridized carbons (Fsp3) is 0.529. The average molecular weight is 690 g/mol. The normalized spacial score (nSPS) is 23.1. The van der Waals surface area contributed by atoms with Crippen molar-refractivity contribution >= 4 is 33.4 Å². The molecule has 1 aliphatic heterocycles. The molecule has 11 nitrogen and oxygen atoms in total. The number of sulfone groups is 1. The molecule has 0 spiro atoms. The maximum Gasteiger partial charge on any atom is 0.306 e. The van der Waals surface area contributed by atoms with Gasteiger partial charge in [-0.15, -0.1) is 18.2 Å². The van der Waals surface area contributed by atoms with E-state index >= 15 is 0 Å². The molecule has 0 N–H and O–H groups in total. The topological polar surface area (TPSA) is 138 Å². The molecule has 1 saturated heterocycles. The van der Waals surface area contributed by atoms with Crippen LogP contribution in [0.25, 0.3) is 0 Å². The zero-order valence-corrected chi connectivity index (χ0v) is 28.5. The lowest BCUT2D eigenvalue weighted by atomic mass is 9.61. The predicted octanol–water partition coefficient (Wildman–Crippen LogP) is 5.57. The number of halogens is 1. The van der Waals surface area contributed by atoms with Gasteiger partial charge in [0.15, 0.2) is 0 Å². The Bertz CT molecular complexity index is 1530. The number of carbonyl (C=O) groups excluding carboxylic acids is 2. The van der Waals surface area contributed by atoms with E-state index in [0.717, 1.165) is 44.3 Å². The molecule has 47 heavy (non-hydrogen) atoms. The second-order valence-corrected chi connectivity index (χ2v) is 14.6. The van der Waals surface area contributed by atoms with Gasteiger partial charge in [-0.1, -0.05) is 55.5 Å². The van der Waals surface area contributed by atoms with E-state index in [4.69, 9.17) is 25.8 Å². The second kappa shape index (κ2) is 16.6. The first-order valence-corrected chi connectivity index (χ1v) is 17.9. The van der Waals surface area contributed by atoms with Crippen LogP contribution in [0.3, 0.4) is 0 Å². The first-order valence-electron chi connectivity index (χ1n) is 15.8. The standard InChI is InChI=1S/C34H44ClN3O8S/c1-5-34(4)16-14-26(20-29(34)24(2)21-35)25(3)22-38-17-15-27(23-38)45-31(40)13-9-12-30(39)43-18-19-44-32-33(37-46-36-32)47(41,42)28-10-7-6-8-11-28/h5-8,10-11,26-27,29H,1-3,9,12-23H2,4H3/t26-,27?,29+,34-/m1/s1. The third-order valence-corrected chi connectivity index (χ3v) is 11.1. The smallest absolute Gasteiger partial charge is 0.306 e. The SMILES string of the molecule is C=C[C@]1(C)CC[C@@H](C(=C)CN2CCC(OC(=O)CCCC(=O)OCCOc3nonc3S(=O)(=O)c3ccccc3)C2)C[C@H]1C(=C)CCl. The van der Waals surface area contributed by atoms with Crippen LogP contribution in [0.15, 0.2) is 81.8 Å². The van der Waals surface area contributed by atoms with E-state index in [9.17, 15) is 18.0 Å². The monoisotopic (exact) mass is 689 g/mol. The summed E-state index contributed by atoms with van der Waals surface area (Å²) in [6.45, 7) is 16.9. The Morgan fingerprint density at radius 1 is 1.11 bits per heavy atom. The molecule has 0 bridgehead atoms. The van der Waals surface area contributed by atoms with E-state index in [0.29, 0.717) is 18.3 Å². The molecule has 2 aromatic rings. The van der Waals surface area contributed by atoms with Crippen LogP contribution in [0.1, 0.15) is 51.9 Å². The van der Waals surface area contributed by atoms with Crippen LogP contribution in [0.2, 0.25) is 0 Å². The van der Waals surface area contributed by atoms with Crippen molar-refractivity contribution in [3.05, 3.63) is 67.3 Å². The fourth-order valence-electron chi connectivity index (χ4n) is 6.25. The number of aromatic nitrogens is 2. The molecule has 0 amide bonds. The number of allylic oxidation sites excluding steroid dienone is 2. The van der Waals surface area contributed by atoms with Gasteiger partial charge in [-0.3, -0.25) is 14.5 Å². The number of ether oxygens (including phenoxy) is 3. The largest absolute Gasteiger partial charge is 0.470 e. The molecular formula is C34H44ClN3O8S. The van der Waals surface area contributed by atoms with Crippen molar-refractivity contribution in [1.29, 1.82) is 0 Å². The fourth-order valence-corrected chi connectivity index (χ4v) is 7.63. The Labute approximate surface area is 281 Å². The van der Waals surface area contributed by atoms with Crippen molar-refractivity contribution in [2.75, 3.05) is 38.7 Å². The summed E-state index contributed by atoms with van der Waals surface area (Å²) in [4.78, 5) is 26.9. The molecule has 1 unspecified atom stereocenters. The lowest BCUT2D eigenvalue weighted by Gasteiger charge is -2.44. The lowest BCUT2D eigenvalue weighted by Crippen LogP contribution is -2.36. The minimum Gasteiger partial charge on any atom is -0.470 e. The summed E-state index contributed by atoms with van der Waals surface area (Å²) in [7, 11) is -3.99. The van der Waals surface area contributed by atoms with Crippen molar-refractivity contribution in [1.82, 2.24) is 15.2 Å². The van der Waals surface area contributed by atoms with Crippen molar-refractivity contribution < 1.29 is 36.8 Å². The van der Waals surface area contributed by atoms with Gasteiger partial charge in [0.25, 0.3) is 10.9 Å². The average Bonchev–Trinajstić information content (AvgIpc) is 3.73. The number of esters is 2. The maximum absolute atomic E-state index is 12.7. The number of likely N-dealkylation sites (tertiary alicyclic amines) is 1. The summed E-state index contributed by atoms with van der Waals surface area (Å²) >= 11 is 6.16. The molecule has 1 aromatic heterocycles. The highest BCUT2D eigenvalue weighted by atomic mass is 35.5. The molecule has 1 saturated carbocycles. The highest BCUT2D eigenvalue weighted by molar-refractivity contribution is 7.91. The van der Waals surface area contributed by atoms with Crippen LogP contribution in [0.4, 0.5) is 0 Å². The first-order chi connectivity index (χ1) is 22.5. The van der Waals surface area contributed by atoms with Crippen LogP contribution in [0, 0.1) is 17.3 Å². The van der Waals surface area contributed by atoms with Crippen molar-refractivity contribution in [2.24, 2.45) is 17.3 Å². The Morgan fingerprint density at radius 2 is 1.85 bits per heavy atom. The van der Waals surface area contributed by atoms with Crippen LogP contribution in [-0.4, -0.2) is 80.4 Å². The molecule has 1 aromatic carbocycles. The summed E-state index contributed by atoms with van der Waals surface area (Å²) in [6.07, 6.45) is 6.03. The lowest BCUT2D eigenvalue weighted by molar-refractivity contribution is -0.149. The summed E-state index contributed by atoms with van der Waals surface area (Å²) in [5.74, 6) is -0.0884. The first kappa shape index (κ1) is 36.4. The molecular weight excluding hydrogens is 646 g/mol. The number of hydrogen-bond donors (Lipinski definition) is 0. The molecule has 0 radical (unpaired) electrons. The van der Waals surface area contributed by atoms with E-state index in [1.165, 1.54) is 17.7 Å². The Kier molecular flexibility index (Phi) is 12.8. The summed E-state index contributed by atoms with van der Waals surface area (Å²) in [5.41, 5.74) is 2.24. The third-order valence-electron chi connectivity index (χ3n) is 9.10. The Morgan fingerprint density at radius 3 is 2.57 bits per heavy atom. The highest BCUT2D eigenvalue weighted by Gasteiger charge is 2.40. The molecule has 1 aliphatic carbocycles. The van der Waals surface area contributed by atoms with Crippen molar-refractivity contribution in [3.8, 4) is 5.88 Å². The number of benzene rings is 1. The van der Waals surface area contributed by atoms with E-state index in [-0.39, 0.29) is 66.7 Å². The molecule has 2 aliphatic rings. The van der Waals surface area contributed by atoms with Gasteiger partial charge in [-0.2, -0.15) is 0 Å². The number of carbonyl (C=O) groups is 2. The number of nitrogens with zero attached hydrogens (tertiary/aromatic N) is 3. The number of alkyl halides is 1. The second-order valence-electron chi connectivity index (χ2n) is 12.4. The number of hydrogen-bond acceptors (Lipinski definition) is 11. The number of rotatable bonds is 17. The molecule has 2 fully saturated rings. The predicted molar refractivity (Wildman–Crippen MR) is 176 cm³/mol. The third kappa shape index (κ3) is 9.55. The molecule has 13 heteroatoms. The summed E-state index contributed by atoms with van der Waals surface area (Å²) in [6, 6.07) is 7.68. The van der Waals surface area contributed by atoms with Gasteiger partial charge in [-0.25, -0.2) is 13.0 Å². The quantitative estimate of drug-likeness (QED) is 0.0892. The van der Waals surface area contributed by atoms with Gasteiger partial charge in [0, 0.05) is 38.4 Å². The summed E-state index contributed by atoms with van der Waals surface area (Å²) in [5, 5.41) is 6.49. The maximum atomic E-state index is 12.7. The molecule has 2 heterocycles. The summed E-state index contributed by atoms with van der Waals surface area (Å²) < 4.78 is 46.2. The van der Waals surface area contributed by atoms with Crippen molar-refractivity contribution in [3.63, 3.8) is 0 Å². The van der Waals surface area contributed by atoms with Gasteiger partial charge in [0.2, 0.25) is 9.84 Å². The van der Waals surface area contributed by atoms with Gasteiger partial charge in [-0.05, 0) is 71.8 Å². The van der Waals surface area contributed by atoms with Crippen LogP contribution in [-0.2, 0) is 28.9 Å². The Balaban J connectivity index is 1.10. The van der Waals surface area contributed by atoms with Crippen LogP contribution < -0.4 is 4.74 Å². The van der Waals surface area contributed by atoms with Gasteiger partial charge >= 0.3 is 11.9 Å². The van der Waals surface area contributed by atoms with E-state index in [1.54, 1.807) is 18.2 Å². The highest BCUT2D eigenvalue weighted by Crippen LogP contribution is 2.49. The minimum absolute atomic E-state index is 0.00225. The molecule has 4 rings (SSSR count). The molecule has 4 atom stereocenters. The molecule has 256 valence electrons. The van der Waals surface area contributed by atoms with Crippen LogP contribution >= 0.6 is 11.6 Å². The van der Waals surface area contributed by atoms with Crippen LogP contribution in [0.5, 0.6) is 5.88 Å². The van der Waals surface area contributed by atoms with E-state index in [1.807, 2.05) is 6.08 Å². The van der Waals surface area contributed by atoms with Crippen molar-refractivity contribution in [2.45, 2.75) is 67.9 Å². The van der Waals surface area contributed by atoms with E-state index < -0.39 is 20.8 Å². The minimum atomic E-state index is -3.99. The zero-order chi connectivity index (χ0) is 34.0. The zero-order valence-electron chi connectivity index (χ0n) is 26.9. The Hall–Kier alpha value is -3.48. The van der Waals surface area contributed by atoms with Gasteiger partial charge < -0.3 is 14.2 Å².